The molecule has 1 aromatic heterocycles. The van der Waals surface area contributed by atoms with Gasteiger partial charge in [-0.1, -0.05) is 6.92 Å². The van der Waals surface area contributed by atoms with Crippen LogP contribution in [0.25, 0.3) is 0 Å². The summed E-state index contributed by atoms with van der Waals surface area (Å²) in [5, 5.41) is 3.12. The van der Waals surface area contributed by atoms with E-state index in [0.717, 1.165) is 12.1 Å². The highest BCUT2D eigenvalue weighted by Crippen LogP contribution is 2.07. The van der Waals surface area contributed by atoms with Gasteiger partial charge in [0.1, 0.15) is 5.69 Å². The maximum atomic E-state index is 10.9. The summed E-state index contributed by atoms with van der Waals surface area (Å²) >= 11 is 0. The molecule has 1 amide bonds. The minimum Gasteiger partial charge on any atom is -0.383 e. The monoisotopic (exact) mass is 208 g/mol. The molecular formula is C10H16N4O. The fraction of sp³-hybridized carbons (Fsp3) is 0.400. The molecular weight excluding hydrogens is 192 g/mol. The summed E-state index contributed by atoms with van der Waals surface area (Å²) in [5.41, 5.74) is 11.9. The van der Waals surface area contributed by atoms with E-state index in [-0.39, 0.29) is 11.7 Å². The number of nitrogens with one attached hydrogen (secondary N) is 1. The molecule has 5 heteroatoms. The van der Waals surface area contributed by atoms with Crippen LogP contribution in [0.3, 0.4) is 0 Å². The van der Waals surface area contributed by atoms with E-state index in [1.165, 1.54) is 0 Å². The van der Waals surface area contributed by atoms with Crippen molar-refractivity contribution in [3.8, 4) is 0 Å². The number of carbonyl (C=O) groups is 1. The molecule has 1 rings (SSSR count). The molecule has 82 valence electrons. The molecule has 0 bridgehead atoms. The first kappa shape index (κ1) is 11.5. The van der Waals surface area contributed by atoms with Crippen molar-refractivity contribution in [1.29, 1.82) is 0 Å². The Morgan fingerprint density at radius 1 is 1.67 bits per heavy atom. The molecule has 0 radical (unpaired) electrons. The van der Waals surface area contributed by atoms with Crippen LogP contribution < -0.4 is 16.8 Å². The van der Waals surface area contributed by atoms with Gasteiger partial charge in [0.2, 0.25) is 0 Å². The number of rotatable bonds is 5. The molecule has 1 unspecified atom stereocenters. The van der Waals surface area contributed by atoms with Gasteiger partial charge in [0, 0.05) is 24.5 Å². The number of nitrogens with two attached hydrogens (primary N) is 2. The minimum atomic E-state index is -0.529. The molecule has 0 saturated heterocycles. The molecule has 0 aliphatic rings. The Kier molecular flexibility index (Phi) is 4.05. The predicted octanol–water partition coefficient (Wildman–Crippen LogP) is 0.330. The molecule has 0 fully saturated rings. The van der Waals surface area contributed by atoms with Crippen LogP contribution in [-0.2, 0) is 0 Å². The zero-order valence-electron chi connectivity index (χ0n) is 8.73. The number of primary amides is 1. The Morgan fingerprint density at radius 2 is 2.40 bits per heavy atom. The van der Waals surface area contributed by atoms with Crippen LogP contribution in [0.4, 0.5) is 5.69 Å². The normalized spacial score (nSPS) is 12.1. The van der Waals surface area contributed by atoms with E-state index >= 15 is 0 Å². The number of nitrogens with zero attached hydrogens (tertiary/aromatic N) is 1. The Morgan fingerprint density at radius 3 is 3.00 bits per heavy atom. The van der Waals surface area contributed by atoms with Crippen LogP contribution in [0, 0.1) is 0 Å². The molecule has 5 N–H and O–H groups in total. The van der Waals surface area contributed by atoms with E-state index in [0.29, 0.717) is 6.54 Å². The third-order valence-corrected chi connectivity index (χ3v) is 2.11. The lowest BCUT2D eigenvalue weighted by atomic mass is 10.2. The van der Waals surface area contributed by atoms with Crippen molar-refractivity contribution in [2.75, 3.05) is 11.9 Å². The van der Waals surface area contributed by atoms with Gasteiger partial charge in [0.05, 0.1) is 0 Å². The van der Waals surface area contributed by atoms with E-state index in [2.05, 4.69) is 10.3 Å². The average Bonchev–Trinajstić information content (AvgIpc) is 2.26. The highest BCUT2D eigenvalue weighted by molar-refractivity contribution is 5.91. The number of hydrogen-bond acceptors (Lipinski definition) is 4. The number of hydrogen-bond donors (Lipinski definition) is 3. The molecule has 0 aliphatic heterocycles. The third-order valence-electron chi connectivity index (χ3n) is 2.11. The highest BCUT2D eigenvalue weighted by Gasteiger charge is 2.03. The van der Waals surface area contributed by atoms with Crippen LogP contribution >= 0.6 is 0 Å². The standard InChI is InChI=1S/C10H16N4O/c1-2-7(11)6-14-8-3-4-13-9(5-8)10(12)15/h3-5,7H,2,6,11H2,1H3,(H2,12,15)(H,13,14). The molecule has 5 nitrogen and oxygen atoms in total. The lowest BCUT2D eigenvalue weighted by molar-refractivity contribution is 0.0995. The summed E-state index contributed by atoms with van der Waals surface area (Å²) in [6, 6.07) is 3.50. The second kappa shape index (κ2) is 5.31. The van der Waals surface area contributed by atoms with Gasteiger partial charge < -0.3 is 16.8 Å². The molecule has 0 aromatic carbocycles. The van der Waals surface area contributed by atoms with E-state index in [9.17, 15) is 4.79 Å². The van der Waals surface area contributed by atoms with Crippen molar-refractivity contribution in [3.63, 3.8) is 0 Å². The van der Waals surface area contributed by atoms with E-state index in [4.69, 9.17) is 11.5 Å². The van der Waals surface area contributed by atoms with Crippen LogP contribution in [0.2, 0.25) is 0 Å². The van der Waals surface area contributed by atoms with Crippen molar-refractivity contribution in [2.24, 2.45) is 11.5 Å². The highest BCUT2D eigenvalue weighted by atomic mass is 16.1. The third kappa shape index (κ3) is 3.55. The molecule has 1 atom stereocenters. The van der Waals surface area contributed by atoms with Gasteiger partial charge in [0.25, 0.3) is 5.91 Å². The minimum absolute atomic E-state index is 0.107. The Labute approximate surface area is 88.9 Å². The fourth-order valence-corrected chi connectivity index (χ4v) is 1.07. The fourth-order valence-electron chi connectivity index (χ4n) is 1.07. The smallest absolute Gasteiger partial charge is 0.267 e. The molecule has 15 heavy (non-hydrogen) atoms. The van der Waals surface area contributed by atoms with Crippen molar-refractivity contribution in [1.82, 2.24) is 4.98 Å². The molecule has 1 heterocycles. The van der Waals surface area contributed by atoms with Gasteiger partial charge in [-0.05, 0) is 18.6 Å². The van der Waals surface area contributed by atoms with Crippen LogP contribution in [-0.4, -0.2) is 23.5 Å². The molecule has 0 aliphatic carbocycles. The second-order valence-corrected chi connectivity index (χ2v) is 3.34. The van der Waals surface area contributed by atoms with Gasteiger partial charge in [-0.15, -0.1) is 0 Å². The number of aromatic nitrogens is 1. The zero-order valence-corrected chi connectivity index (χ0v) is 8.73. The van der Waals surface area contributed by atoms with Gasteiger partial charge in [-0.3, -0.25) is 9.78 Å². The first-order valence-corrected chi connectivity index (χ1v) is 4.88. The Hall–Kier alpha value is -1.62. The maximum Gasteiger partial charge on any atom is 0.267 e. The molecule has 0 spiro atoms. The first-order chi connectivity index (χ1) is 7.13. The topological polar surface area (TPSA) is 94.0 Å². The van der Waals surface area contributed by atoms with E-state index in [1.54, 1.807) is 18.3 Å². The largest absolute Gasteiger partial charge is 0.383 e. The average molecular weight is 208 g/mol. The maximum absolute atomic E-state index is 10.9. The summed E-state index contributed by atoms with van der Waals surface area (Å²) in [7, 11) is 0. The number of amides is 1. The second-order valence-electron chi connectivity index (χ2n) is 3.34. The zero-order chi connectivity index (χ0) is 11.3. The van der Waals surface area contributed by atoms with Crippen LogP contribution in [0.15, 0.2) is 18.3 Å². The summed E-state index contributed by atoms with van der Waals surface area (Å²) in [6.07, 6.45) is 2.45. The van der Waals surface area contributed by atoms with Crippen LogP contribution in [0.1, 0.15) is 23.8 Å². The molecule has 0 saturated carbocycles. The Balaban J connectivity index is 2.62. The Bertz CT molecular complexity index is 340. The quantitative estimate of drug-likeness (QED) is 0.650. The summed E-state index contributed by atoms with van der Waals surface area (Å²) < 4.78 is 0. The van der Waals surface area contributed by atoms with E-state index < -0.39 is 5.91 Å². The number of carbonyl (C=O) groups excluding carboxylic acids is 1. The van der Waals surface area contributed by atoms with Gasteiger partial charge in [0.15, 0.2) is 0 Å². The van der Waals surface area contributed by atoms with Gasteiger partial charge >= 0.3 is 0 Å². The summed E-state index contributed by atoms with van der Waals surface area (Å²) in [4.78, 5) is 14.7. The lowest BCUT2D eigenvalue weighted by Crippen LogP contribution is -2.28. The summed E-state index contributed by atoms with van der Waals surface area (Å²) in [6.45, 7) is 2.69. The van der Waals surface area contributed by atoms with Crippen LogP contribution in [0.5, 0.6) is 0 Å². The SMILES string of the molecule is CCC(N)CNc1ccnc(C(N)=O)c1. The van der Waals surface area contributed by atoms with Crippen molar-refractivity contribution < 1.29 is 4.79 Å². The summed E-state index contributed by atoms with van der Waals surface area (Å²) in [5.74, 6) is -0.529. The van der Waals surface area contributed by atoms with Gasteiger partial charge in [-0.25, -0.2) is 0 Å². The first-order valence-electron chi connectivity index (χ1n) is 4.88. The molecule has 1 aromatic rings. The lowest BCUT2D eigenvalue weighted by Gasteiger charge is -2.11. The van der Waals surface area contributed by atoms with Crippen molar-refractivity contribution in [2.45, 2.75) is 19.4 Å². The number of pyridine rings is 1. The van der Waals surface area contributed by atoms with Crippen molar-refractivity contribution >= 4 is 11.6 Å². The van der Waals surface area contributed by atoms with E-state index in [1.807, 2.05) is 6.92 Å². The number of anilines is 1. The van der Waals surface area contributed by atoms with Crippen molar-refractivity contribution in [3.05, 3.63) is 24.0 Å². The van der Waals surface area contributed by atoms with Gasteiger partial charge in [-0.2, -0.15) is 0 Å². The predicted molar refractivity (Wildman–Crippen MR) is 59.5 cm³/mol.